The minimum atomic E-state index is -1.03. The highest BCUT2D eigenvalue weighted by atomic mass is 32.2. The van der Waals surface area contributed by atoms with Crippen LogP contribution in [0.4, 0.5) is 11.5 Å². The van der Waals surface area contributed by atoms with Crippen molar-refractivity contribution in [3.05, 3.63) is 41.5 Å². The lowest BCUT2D eigenvalue weighted by Crippen LogP contribution is -2.06. The van der Waals surface area contributed by atoms with Gasteiger partial charge < -0.3 is 10.4 Å². The fourth-order valence-electron chi connectivity index (χ4n) is 1.50. The lowest BCUT2D eigenvalue weighted by Gasteiger charge is -2.08. The van der Waals surface area contributed by atoms with Gasteiger partial charge in [-0.2, -0.15) is 0 Å². The molecule has 0 aliphatic heterocycles. The van der Waals surface area contributed by atoms with Gasteiger partial charge in [0.2, 0.25) is 0 Å². The Labute approximate surface area is 115 Å². The number of nitrogens with one attached hydrogen (secondary N) is 1. The topological polar surface area (TPSA) is 75.1 Å². The van der Waals surface area contributed by atoms with Gasteiger partial charge in [-0.15, -0.1) is 22.0 Å². The number of hydrogen-bond donors (Lipinski definition) is 2. The number of anilines is 2. The van der Waals surface area contributed by atoms with Crippen LogP contribution in [-0.2, 0) is 0 Å². The lowest BCUT2D eigenvalue weighted by atomic mass is 10.2. The zero-order chi connectivity index (χ0) is 13.8. The molecule has 2 rings (SSSR count). The van der Waals surface area contributed by atoms with Crippen molar-refractivity contribution in [3.63, 3.8) is 0 Å². The summed E-state index contributed by atoms with van der Waals surface area (Å²) >= 11 is 1.35. The maximum absolute atomic E-state index is 11.2. The predicted octanol–water partition coefficient (Wildman–Crippen LogP) is 2.95. The smallest absolute Gasteiger partial charge is 0.339 e. The minimum absolute atomic E-state index is 0.111. The van der Waals surface area contributed by atoms with Gasteiger partial charge in [-0.1, -0.05) is 17.7 Å². The molecule has 2 aromatic rings. The van der Waals surface area contributed by atoms with Crippen LogP contribution >= 0.6 is 11.8 Å². The molecule has 0 bridgehead atoms. The second-order valence-corrected chi connectivity index (χ2v) is 4.77. The summed E-state index contributed by atoms with van der Waals surface area (Å²) in [6.45, 7) is 1.99. The van der Waals surface area contributed by atoms with Crippen LogP contribution in [0.5, 0.6) is 0 Å². The van der Waals surface area contributed by atoms with E-state index in [2.05, 4.69) is 15.5 Å². The van der Waals surface area contributed by atoms with E-state index in [1.165, 1.54) is 17.8 Å². The quantitative estimate of drug-likeness (QED) is 0.836. The number of aryl methyl sites for hydroxylation is 1. The Hall–Kier alpha value is -2.08. The van der Waals surface area contributed by atoms with Gasteiger partial charge in [0.25, 0.3) is 0 Å². The highest BCUT2D eigenvalue weighted by molar-refractivity contribution is 7.98. The van der Waals surface area contributed by atoms with E-state index in [1.54, 1.807) is 0 Å². The zero-order valence-corrected chi connectivity index (χ0v) is 11.4. The van der Waals surface area contributed by atoms with Crippen LogP contribution in [0.15, 0.2) is 35.4 Å². The number of hydrogen-bond acceptors (Lipinski definition) is 5. The summed E-state index contributed by atoms with van der Waals surface area (Å²) in [6, 6.07) is 9.12. The molecule has 0 aliphatic rings. The van der Waals surface area contributed by atoms with E-state index in [1.807, 2.05) is 37.4 Å². The Morgan fingerprint density at radius 1 is 1.26 bits per heavy atom. The Morgan fingerprint density at radius 2 is 1.95 bits per heavy atom. The molecule has 0 amide bonds. The molecule has 1 aromatic carbocycles. The lowest BCUT2D eigenvalue weighted by molar-refractivity contribution is 0.0697. The Morgan fingerprint density at radius 3 is 2.53 bits per heavy atom. The molecule has 5 nitrogen and oxygen atoms in total. The third kappa shape index (κ3) is 3.23. The maximum atomic E-state index is 11.2. The van der Waals surface area contributed by atoms with Gasteiger partial charge >= 0.3 is 5.97 Å². The van der Waals surface area contributed by atoms with Crippen molar-refractivity contribution >= 4 is 29.2 Å². The van der Waals surface area contributed by atoms with Crippen LogP contribution in [-0.4, -0.2) is 27.5 Å². The van der Waals surface area contributed by atoms with Crippen molar-refractivity contribution in [2.75, 3.05) is 11.6 Å². The normalized spacial score (nSPS) is 10.2. The fourth-order valence-corrected chi connectivity index (χ4v) is 1.86. The summed E-state index contributed by atoms with van der Waals surface area (Å²) in [4.78, 5) is 11.2. The number of nitrogens with zero attached hydrogens (tertiary/aromatic N) is 2. The largest absolute Gasteiger partial charge is 0.478 e. The van der Waals surface area contributed by atoms with Gasteiger partial charge in [0.1, 0.15) is 10.6 Å². The van der Waals surface area contributed by atoms with Crippen molar-refractivity contribution in [1.29, 1.82) is 0 Å². The van der Waals surface area contributed by atoms with E-state index in [0.717, 1.165) is 11.3 Å². The van der Waals surface area contributed by atoms with Crippen LogP contribution in [0, 0.1) is 6.92 Å². The second-order valence-electron chi connectivity index (χ2n) is 3.95. The average Bonchev–Trinajstić information content (AvgIpc) is 2.41. The molecule has 2 N–H and O–H groups in total. The average molecular weight is 275 g/mol. The molecule has 0 saturated carbocycles. The summed E-state index contributed by atoms with van der Waals surface area (Å²) in [5, 5.41) is 20.6. The summed E-state index contributed by atoms with van der Waals surface area (Å²) < 4.78 is 0. The maximum Gasteiger partial charge on any atom is 0.339 e. The van der Waals surface area contributed by atoms with E-state index in [9.17, 15) is 9.90 Å². The molecule has 6 heteroatoms. The number of benzene rings is 1. The molecule has 98 valence electrons. The van der Waals surface area contributed by atoms with Crippen LogP contribution in [0.2, 0.25) is 0 Å². The number of carbonyl (C=O) groups is 1. The first-order valence-corrected chi connectivity index (χ1v) is 6.81. The van der Waals surface area contributed by atoms with Crippen molar-refractivity contribution in [3.8, 4) is 0 Å². The van der Waals surface area contributed by atoms with Gasteiger partial charge in [0.05, 0.1) is 0 Å². The Kier molecular flexibility index (Phi) is 4.01. The van der Waals surface area contributed by atoms with Crippen LogP contribution in [0.3, 0.4) is 0 Å². The molecule has 1 heterocycles. The first-order valence-electron chi connectivity index (χ1n) is 5.59. The number of aromatic carboxylic acids is 1. The monoisotopic (exact) mass is 275 g/mol. The Bertz CT molecular complexity index is 599. The van der Waals surface area contributed by atoms with Crippen molar-refractivity contribution in [2.24, 2.45) is 0 Å². The molecule has 0 unspecified atom stereocenters. The number of carboxylic acid groups (broad SMARTS) is 1. The summed E-state index contributed by atoms with van der Waals surface area (Å²) in [6.07, 6.45) is 1.82. The van der Waals surface area contributed by atoms with Crippen LogP contribution in [0.1, 0.15) is 15.9 Å². The Balaban J connectivity index is 2.33. The molecule has 0 aliphatic carbocycles. The van der Waals surface area contributed by atoms with E-state index < -0.39 is 5.97 Å². The first kappa shape index (κ1) is 13.4. The van der Waals surface area contributed by atoms with Crippen LogP contribution in [0.25, 0.3) is 0 Å². The van der Waals surface area contributed by atoms with Gasteiger partial charge in [-0.3, -0.25) is 0 Å². The zero-order valence-electron chi connectivity index (χ0n) is 10.5. The van der Waals surface area contributed by atoms with Crippen molar-refractivity contribution in [1.82, 2.24) is 10.2 Å². The van der Waals surface area contributed by atoms with Gasteiger partial charge in [-0.25, -0.2) is 4.79 Å². The van der Waals surface area contributed by atoms with Gasteiger partial charge in [0.15, 0.2) is 5.82 Å². The number of rotatable bonds is 4. The first-order chi connectivity index (χ1) is 9.10. The number of thioether (sulfide) groups is 1. The molecule has 0 radical (unpaired) electrons. The summed E-state index contributed by atoms with van der Waals surface area (Å²) in [5.74, 6) is -0.783. The summed E-state index contributed by atoms with van der Waals surface area (Å²) in [7, 11) is 0. The molecule has 19 heavy (non-hydrogen) atoms. The van der Waals surface area contributed by atoms with Crippen molar-refractivity contribution in [2.45, 2.75) is 11.9 Å². The van der Waals surface area contributed by atoms with E-state index in [0.29, 0.717) is 5.03 Å². The molecular weight excluding hydrogens is 262 g/mol. The predicted molar refractivity (Wildman–Crippen MR) is 75.2 cm³/mol. The van der Waals surface area contributed by atoms with Gasteiger partial charge in [-0.05, 0) is 31.4 Å². The molecule has 0 atom stereocenters. The van der Waals surface area contributed by atoms with Gasteiger partial charge in [0, 0.05) is 5.69 Å². The molecular formula is C13H13N3O2S. The molecule has 0 fully saturated rings. The SMILES string of the molecule is CSc1cc(C(=O)O)c(Nc2ccc(C)cc2)nn1. The molecule has 0 spiro atoms. The van der Waals surface area contributed by atoms with E-state index >= 15 is 0 Å². The van der Waals surface area contributed by atoms with E-state index in [4.69, 9.17) is 0 Å². The minimum Gasteiger partial charge on any atom is -0.478 e. The van der Waals surface area contributed by atoms with E-state index in [-0.39, 0.29) is 11.4 Å². The molecule has 0 saturated heterocycles. The third-order valence-corrected chi connectivity index (χ3v) is 3.14. The standard InChI is InChI=1S/C13H13N3O2S/c1-8-3-5-9(6-4-8)14-12-10(13(17)18)7-11(19-2)15-16-12/h3-7H,1-2H3,(H,14,16)(H,17,18). The van der Waals surface area contributed by atoms with Crippen molar-refractivity contribution < 1.29 is 9.90 Å². The number of aromatic nitrogens is 2. The summed E-state index contributed by atoms with van der Waals surface area (Å²) in [5.41, 5.74) is 2.02. The third-order valence-electron chi connectivity index (χ3n) is 2.53. The number of carboxylic acids is 1. The van der Waals surface area contributed by atoms with Crippen LogP contribution < -0.4 is 5.32 Å². The highest BCUT2D eigenvalue weighted by Crippen LogP contribution is 2.21. The fraction of sp³-hybridized carbons (Fsp3) is 0.154. The molecule has 1 aromatic heterocycles. The highest BCUT2D eigenvalue weighted by Gasteiger charge is 2.13. The second kappa shape index (κ2) is 5.71.